The Morgan fingerprint density at radius 2 is 2.00 bits per heavy atom. The summed E-state index contributed by atoms with van der Waals surface area (Å²) < 4.78 is 2.20. The third kappa shape index (κ3) is 3.04. The van der Waals surface area contributed by atoms with E-state index in [2.05, 4.69) is 68.1 Å². The number of nitrogens with zero attached hydrogens (tertiary/aromatic N) is 3. The molecule has 20 heavy (non-hydrogen) atoms. The minimum absolute atomic E-state index is 0.118. The normalized spacial score (nSPS) is 12.2. The zero-order chi connectivity index (χ0) is 14.9. The highest BCUT2D eigenvalue weighted by atomic mass is 32.1. The van der Waals surface area contributed by atoms with Crippen LogP contribution in [0.5, 0.6) is 0 Å². The Morgan fingerprint density at radius 3 is 2.60 bits per heavy atom. The number of hydrogen-bond donors (Lipinski definition) is 1. The third-order valence-corrected chi connectivity index (χ3v) is 3.32. The van der Waals surface area contributed by atoms with Gasteiger partial charge in [0.25, 0.3) is 0 Å². The van der Waals surface area contributed by atoms with E-state index in [1.165, 1.54) is 11.1 Å². The topological polar surface area (TPSA) is 46.0 Å². The number of rotatable bonds is 2. The van der Waals surface area contributed by atoms with Crippen LogP contribution in [0.4, 0.5) is 0 Å². The summed E-state index contributed by atoms with van der Waals surface area (Å²) in [5.41, 5.74) is 3.40. The van der Waals surface area contributed by atoms with Gasteiger partial charge >= 0.3 is 0 Å². The van der Waals surface area contributed by atoms with E-state index < -0.39 is 0 Å². The van der Waals surface area contributed by atoms with Gasteiger partial charge in [0.05, 0.1) is 6.21 Å². The molecule has 0 spiro atoms. The molecule has 0 unspecified atom stereocenters. The summed E-state index contributed by atoms with van der Waals surface area (Å²) >= 11 is 5.24. The lowest BCUT2D eigenvalue weighted by atomic mass is 9.96. The summed E-state index contributed by atoms with van der Waals surface area (Å²) in [6.07, 6.45) is 1.83. The molecular formula is C15H20N4S. The largest absolute Gasteiger partial charge is 0.250 e. The van der Waals surface area contributed by atoms with E-state index in [9.17, 15) is 0 Å². The van der Waals surface area contributed by atoms with Gasteiger partial charge in [0.2, 0.25) is 4.77 Å². The van der Waals surface area contributed by atoms with Crippen molar-refractivity contribution in [3.05, 3.63) is 45.5 Å². The summed E-state index contributed by atoms with van der Waals surface area (Å²) in [6, 6.07) is 6.28. The predicted molar refractivity (Wildman–Crippen MR) is 85.0 cm³/mol. The van der Waals surface area contributed by atoms with Gasteiger partial charge in [-0.2, -0.15) is 14.9 Å². The van der Waals surface area contributed by atoms with Crippen molar-refractivity contribution in [1.82, 2.24) is 14.9 Å². The molecule has 0 aliphatic carbocycles. The molecule has 4 nitrogen and oxygen atoms in total. The second-order valence-electron chi connectivity index (χ2n) is 6.02. The molecule has 0 atom stereocenters. The second-order valence-corrected chi connectivity index (χ2v) is 6.41. The molecule has 2 aromatic rings. The molecule has 0 saturated heterocycles. The number of aromatic amines is 1. The van der Waals surface area contributed by atoms with Gasteiger partial charge < -0.3 is 0 Å². The zero-order valence-corrected chi connectivity index (χ0v) is 13.4. The van der Waals surface area contributed by atoms with Crippen LogP contribution in [-0.4, -0.2) is 21.1 Å². The van der Waals surface area contributed by atoms with Crippen molar-refractivity contribution in [3.8, 4) is 0 Å². The Balaban J connectivity index is 2.42. The van der Waals surface area contributed by atoms with Crippen molar-refractivity contribution in [1.29, 1.82) is 0 Å². The van der Waals surface area contributed by atoms with Gasteiger partial charge in [-0.3, -0.25) is 5.10 Å². The van der Waals surface area contributed by atoms with Crippen LogP contribution >= 0.6 is 12.2 Å². The summed E-state index contributed by atoms with van der Waals surface area (Å²) in [7, 11) is 0. The Kier molecular flexibility index (Phi) is 3.90. The molecule has 1 aromatic heterocycles. The van der Waals surface area contributed by atoms with Gasteiger partial charge in [0, 0.05) is 5.41 Å². The number of aromatic nitrogens is 3. The molecule has 5 heteroatoms. The van der Waals surface area contributed by atoms with Gasteiger partial charge in [-0.05, 0) is 37.2 Å². The standard InChI is InChI=1S/C15H20N4S/c1-10-6-7-12(11(2)8-10)9-16-19-13(15(3,4)5)17-18-14(19)20/h6-9H,1-5H3,(H,18,20)/b16-9-. The first-order valence-electron chi connectivity index (χ1n) is 6.58. The molecule has 0 radical (unpaired) electrons. The number of H-pyrrole nitrogens is 1. The Morgan fingerprint density at radius 1 is 1.30 bits per heavy atom. The predicted octanol–water partition coefficient (Wildman–Crippen LogP) is 3.74. The maximum atomic E-state index is 5.24. The fourth-order valence-corrected chi connectivity index (χ4v) is 2.15. The van der Waals surface area contributed by atoms with Crippen LogP contribution in [0.2, 0.25) is 0 Å². The van der Waals surface area contributed by atoms with Gasteiger partial charge in [0.1, 0.15) is 0 Å². The van der Waals surface area contributed by atoms with Crippen molar-refractivity contribution in [2.45, 2.75) is 40.0 Å². The highest BCUT2D eigenvalue weighted by molar-refractivity contribution is 7.71. The van der Waals surface area contributed by atoms with Crippen LogP contribution in [0.1, 0.15) is 43.3 Å². The van der Waals surface area contributed by atoms with E-state index in [-0.39, 0.29) is 5.41 Å². The van der Waals surface area contributed by atoms with Gasteiger partial charge in [-0.15, -0.1) is 0 Å². The third-order valence-electron chi connectivity index (χ3n) is 3.06. The van der Waals surface area contributed by atoms with Gasteiger partial charge in [-0.25, -0.2) is 0 Å². The highest BCUT2D eigenvalue weighted by Gasteiger charge is 2.21. The number of benzene rings is 1. The molecule has 1 heterocycles. The van der Waals surface area contributed by atoms with Crippen molar-refractivity contribution in [3.63, 3.8) is 0 Å². The smallest absolute Gasteiger partial charge is 0.216 e. The zero-order valence-electron chi connectivity index (χ0n) is 12.6. The van der Waals surface area contributed by atoms with Gasteiger partial charge in [-0.1, -0.05) is 44.5 Å². The van der Waals surface area contributed by atoms with Crippen LogP contribution < -0.4 is 0 Å². The minimum atomic E-state index is -0.118. The molecule has 0 bridgehead atoms. The molecule has 0 aliphatic heterocycles. The van der Waals surface area contributed by atoms with Crippen molar-refractivity contribution < 1.29 is 0 Å². The van der Waals surface area contributed by atoms with E-state index in [0.717, 1.165) is 11.4 Å². The Hall–Kier alpha value is -1.75. The summed E-state index contributed by atoms with van der Waals surface area (Å²) in [5.74, 6) is 0.823. The van der Waals surface area contributed by atoms with E-state index in [0.29, 0.717) is 4.77 Å². The second kappa shape index (κ2) is 5.32. The Bertz CT molecular complexity index is 701. The van der Waals surface area contributed by atoms with Crippen molar-refractivity contribution >= 4 is 18.4 Å². The lowest BCUT2D eigenvalue weighted by molar-refractivity contribution is 0.516. The summed E-state index contributed by atoms with van der Waals surface area (Å²) in [6.45, 7) is 10.4. The van der Waals surface area contributed by atoms with Crippen LogP contribution in [0, 0.1) is 18.6 Å². The first-order valence-corrected chi connectivity index (χ1v) is 6.99. The van der Waals surface area contributed by atoms with Crippen molar-refractivity contribution in [2.75, 3.05) is 0 Å². The van der Waals surface area contributed by atoms with E-state index in [4.69, 9.17) is 12.2 Å². The SMILES string of the molecule is Cc1ccc(/C=N\n2c(C(C)(C)C)n[nH]c2=S)c(C)c1. The van der Waals surface area contributed by atoms with Gasteiger partial charge in [0.15, 0.2) is 5.82 Å². The molecule has 0 aliphatic rings. The molecule has 106 valence electrons. The maximum Gasteiger partial charge on any atom is 0.216 e. The molecule has 0 fully saturated rings. The fraction of sp³-hybridized carbons (Fsp3) is 0.400. The maximum absolute atomic E-state index is 5.24. The average molecular weight is 288 g/mol. The molecule has 2 rings (SSSR count). The average Bonchev–Trinajstić information content (AvgIpc) is 2.69. The molecule has 1 N–H and O–H groups in total. The lowest BCUT2D eigenvalue weighted by Crippen LogP contribution is -2.17. The molecule has 0 amide bonds. The molecule has 1 aromatic carbocycles. The quantitative estimate of drug-likeness (QED) is 0.676. The lowest BCUT2D eigenvalue weighted by Gasteiger charge is -2.15. The highest BCUT2D eigenvalue weighted by Crippen LogP contribution is 2.20. The first kappa shape index (κ1) is 14.7. The van der Waals surface area contributed by atoms with E-state index in [1.807, 2.05) is 6.21 Å². The summed E-state index contributed by atoms with van der Waals surface area (Å²) in [5, 5.41) is 11.6. The summed E-state index contributed by atoms with van der Waals surface area (Å²) in [4.78, 5) is 0. The number of nitrogens with one attached hydrogen (secondary N) is 1. The molecular weight excluding hydrogens is 268 g/mol. The van der Waals surface area contributed by atoms with E-state index in [1.54, 1.807) is 4.68 Å². The number of aryl methyl sites for hydroxylation is 2. The van der Waals surface area contributed by atoms with Crippen LogP contribution in [0.15, 0.2) is 23.3 Å². The Labute approximate surface area is 124 Å². The first-order chi connectivity index (χ1) is 9.29. The van der Waals surface area contributed by atoms with Crippen LogP contribution in [-0.2, 0) is 5.41 Å². The number of hydrogen-bond acceptors (Lipinski definition) is 3. The van der Waals surface area contributed by atoms with Crippen LogP contribution in [0.3, 0.4) is 0 Å². The fourth-order valence-electron chi connectivity index (χ4n) is 1.97. The molecule has 0 saturated carbocycles. The minimum Gasteiger partial charge on any atom is -0.250 e. The van der Waals surface area contributed by atoms with Crippen molar-refractivity contribution in [2.24, 2.45) is 5.10 Å². The van der Waals surface area contributed by atoms with E-state index >= 15 is 0 Å². The van der Waals surface area contributed by atoms with Crippen LogP contribution in [0.25, 0.3) is 0 Å². The monoisotopic (exact) mass is 288 g/mol.